The number of nitrogen functional groups attached to an aromatic ring is 1. The predicted molar refractivity (Wildman–Crippen MR) is 79.2 cm³/mol. The molecule has 3 N–H and O–H groups in total. The fourth-order valence-corrected chi connectivity index (χ4v) is 2.29. The fraction of sp³-hybridized carbons (Fsp3) is 0.0625. The highest BCUT2D eigenvalue weighted by atomic mass is 16.1. The Kier molecular flexibility index (Phi) is 2.60. The smallest absolute Gasteiger partial charge is 0.248 e. The van der Waals surface area contributed by atoms with Crippen LogP contribution in [0, 0.1) is 6.92 Å². The Morgan fingerprint density at radius 3 is 2.42 bits per heavy atom. The topological polar surface area (TPSA) is 58.9 Å². The van der Waals surface area contributed by atoms with E-state index >= 15 is 0 Å². The first-order valence-corrected chi connectivity index (χ1v) is 6.13. The molecule has 0 amide bonds. The minimum Gasteiger partial charge on any atom is -0.399 e. The molecule has 2 aromatic carbocycles. The van der Waals surface area contributed by atoms with Crippen molar-refractivity contribution >= 4 is 16.6 Å². The van der Waals surface area contributed by atoms with Gasteiger partial charge in [0.1, 0.15) is 0 Å². The third kappa shape index (κ3) is 2.10. The summed E-state index contributed by atoms with van der Waals surface area (Å²) in [5.41, 5.74) is 10.6. The van der Waals surface area contributed by atoms with Crippen molar-refractivity contribution in [2.24, 2.45) is 0 Å². The Morgan fingerprint density at radius 2 is 1.68 bits per heavy atom. The van der Waals surface area contributed by atoms with Gasteiger partial charge < -0.3 is 10.7 Å². The van der Waals surface area contributed by atoms with Gasteiger partial charge in [-0.25, -0.2) is 0 Å². The van der Waals surface area contributed by atoms with Gasteiger partial charge in [0.2, 0.25) is 5.56 Å². The second-order valence-electron chi connectivity index (χ2n) is 4.70. The number of nitrogens with two attached hydrogens (primary N) is 1. The largest absolute Gasteiger partial charge is 0.399 e. The van der Waals surface area contributed by atoms with Crippen LogP contribution in [0.5, 0.6) is 0 Å². The van der Waals surface area contributed by atoms with E-state index in [1.54, 1.807) is 6.07 Å². The van der Waals surface area contributed by atoms with Crippen LogP contribution in [0.4, 0.5) is 5.69 Å². The second kappa shape index (κ2) is 4.28. The molecule has 0 saturated heterocycles. The van der Waals surface area contributed by atoms with Crippen molar-refractivity contribution < 1.29 is 0 Å². The molecule has 3 rings (SSSR count). The first-order chi connectivity index (χ1) is 9.13. The quantitative estimate of drug-likeness (QED) is 0.652. The highest BCUT2D eigenvalue weighted by Gasteiger charge is 2.04. The van der Waals surface area contributed by atoms with Crippen LogP contribution in [0.25, 0.3) is 22.0 Å². The summed E-state index contributed by atoms with van der Waals surface area (Å²) in [6, 6.07) is 15.3. The van der Waals surface area contributed by atoms with Crippen molar-refractivity contribution in [2.75, 3.05) is 5.73 Å². The third-order valence-corrected chi connectivity index (χ3v) is 3.27. The standard InChI is InChI=1S/C16H14N2O/c1-10-8-13(11-2-5-14(17)6-3-11)9-12-4-7-15(19)18-16(10)12/h2-9H,17H2,1H3,(H,18,19). The summed E-state index contributed by atoms with van der Waals surface area (Å²) in [5.74, 6) is 0. The van der Waals surface area contributed by atoms with Gasteiger partial charge in [-0.15, -0.1) is 0 Å². The number of aromatic amines is 1. The maximum Gasteiger partial charge on any atom is 0.248 e. The molecule has 3 heteroatoms. The van der Waals surface area contributed by atoms with Crippen molar-refractivity contribution in [1.29, 1.82) is 0 Å². The molecule has 0 atom stereocenters. The van der Waals surface area contributed by atoms with Crippen LogP contribution in [-0.2, 0) is 0 Å². The van der Waals surface area contributed by atoms with Gasteiger partial charge in [0.15, 0.2) is 0 Å². The molecule has 94 valence electrons. The molecule has 0 bridgehead atoms. The van der Waals surface area contributed by atoms with Crippen molar-refractivity contribution in [1.82, 2.24) is 4.98 Å². The Labute approximate surface area is 110 Å². The minimum atomic E-state index is -0.0733. The van der Waals surface area contributed by atoms with Gasteiger partial charge in [-0.05, 0) is 59.3 Å². The zero-order valence-corrected chi connectivity index (χ0v) is 10.6. The van der Waals surface area contributed by atoms with Crippen LogP contribution in [0.3, 0.4) is 0 Å². The van der Waals surface area contributed by atoms with Crippen molar-refractivity contribution in [3.8, 4) is 11.1 Å². The van der Waals surface area contributed by atoms with Crippen LogP contribution < -0.4 is 11.3 Å². The Morgan fingerprint density at radius 1 is 0.947 bits per heavy atom. The molecule has 0 unspecified atom stereocenters. The molecular formula is C16H14N2O. The lowest BCUT2D eigenvalue weighted by Crippen LogP contribution is -2.03. The first-order valence-electron chi connectivity index (χ1n) is 6.13. The third-order valence-electron chi connectivity index (χ3n) is 3.27. The summed E-state index contributed by atoms with van der Waals surface area (Å²) >= 11 is 0. The van der Waals surface area contributed by atoms with E-state index in [1.165, 1.54) is 0 Å². The van der Waals surface area contributed by atoms with E-state index < -0.39 is 0 Å². The normalized spacial score (nSPS) is 10.8. The van der Waals surface area contributed by atoms with E-state index in [0.29, 0.717) is 0 Å². The van der Waals surface area contributed by atoms with E-state index in [4.69, 9.17) is 5.73 Å². The Hall–Kier alpha value is -2.55. The average Bonchev–Trinajstić information content (AvgIpc) is 2.40. The number of hydrogen-bond acceptors (Lipinski definition) is 2. The van der Waals surface area contributed by atoms with Gasteiger partial charge in [0.25, 0.3) is 0 Å². The maximum atomic E-state index is 11.4. The molecule has 0 radical (unpaired) electrons. The zero-order valence-electron chi connectivity index (χ0n) is 10.6. The number of nitrogens with one attached hydrogen (secondary N) is 1. The molecule has 0 spiro atoms. The number of rotatable bonds is 1. The lowest BCUT2D eigenvalue weighted by atomic mass is 10.00. The summed E-state index contributed by atoms with van der Waals surface area (Å²) in [5, 5.41) is 1.03. The molecule has 0 aliphatic heterocycles. The van der Waals surface area contributed by atoms with Crippen LogP contribution in [0.2, 0.25) is 0 Å². The van der Waals surface area contributed by atoms with Gasteiger partial charge in [0.05, 0.1) is 5.52 Å². The van der Waals surface area contributed by atoms with Gasteiger partial charge >= 0.3 is 0 Å². The SMILES string of the molecule is Cc1cc(-c2ccc(N)cc2)cc2ccc(=O)[nH]c12. The summed E-state index contributed by atoms with van der Waals surface area (Å²) in [6.07, 6.45) is 0. The predicted octanol–water partition coefficient (Wildman–Crippen LogP) is 3.09. The monoisotopic (exact) mass is 250 g/mol. The molecule has 19 heavy (non-hydrogen) atoms. The number of hydrogen-bond donors (Lipinski definition) is 2. The number of aromatic nitrogens is 1. The van der Waals surface area contributed by atoms with E-state index in [1.807, 2.05) is 37.3 Å². The van der Waals surface area contributed by atoms with E-state index in [-0.39, 0.29) is 5.56 Å². The zero-order chi connectivity index (χ0) is 13.4. The van der Waals surface area contributed by atoms with Gasteiger partial charge in [-0.1, -0.05) is 12.1 Å². The maximum absolute atomic E-state index is 11.4. The molecule has 0 fully saturated rings. The summed E-state index contributed by atoms with van der Waals surface area (Å²) in [6.45, 7) is 2.00. The van der Waals surface area contributed by atoms with Crippen LogP contribution in [0.15, 0.2) is 53.3 Å². The van der Waals surface area contributed by atoms with Crippen LogP contribution in [-0.4, -0.2) is 4.98 Å². The molecule has 0 aliphatic rings. The van der Waals surface area contributed by atoms with Crippen molar-refractivity contribution in [2.45, 2.75) is 6.92 Å². The summed E-state index contributed by atoms with van der Waals surface area (Å²) in [7, 11) is 0. The van der Waals surface area contributed by atoms with Crippen molar-refractivity contribution in [3.63, 3.8) is 0 Å². The summed E-state index contributed by atoms with van der Waals surface area (Å²) in [4.78, 5) is 14.2. The average molecular weight is 250 g/mol. The molecule has 0 aliphatic carbocycles. The summed E-state index contributed by atoms with van der Waals surface area (Å²) < 4.78 is 0. The van der Waals surface area contributed by atoms with Crippen molar-refractivity contribution in [3.05, 3.63) is 64.4 Å². The van der Waals surface area contributed by atoms with Crippen LogP contribution in [0.1, 0.15) is 5.56 Å². The van der Waals surface area contributed by atoms with Gasteiger partial charge in [0, 0.05) is 11.8 Å². The van der Waals surface area contributed by atoms with E-state index in [9.17, 15) is 4.79 Å². The number of aryl methyl sites for hydroxylation is 1. The molecule has 3 nitrogen and oxygen atoms in total. The number of pyridine rings is 1. The lowest BCUT2D eigenvalue weighted by molar-refractivity contribution is 1.28. The molecule has 3 aromatic rings. The minimum absolute atomic E-state index is 0.0733. The van der Waals surface area contributed by atoms with Crippen LogP contribution >= 0.6 is 0 Å². The highest BCUT2D eigenvalue weighted by Crippen LogP contribution is 2.26. The highest BCUT2D eigenvalue weighted by molar-refractivity contribution is 5.87. The van der Waals surface area contributed by atoms with Gasteiger partial charge in [-0.3, -0.25) is 4.79 Å². The lowest BCUT2D eigenvalue weighted by Gasteiger charge is -2.07. The van der Waals surface area contributed by atoms with Gasteiger partial charge in [-0.2, -0.15) is 0 Å². The molecule has 0 saturated carbocycles. The first kappa shape index (κ1) is 11.5. The van der Waals surface area contributed by atoms with E-state index in [0.717, 1.165) is 33.3 Å². The Balaban J connectivity index is 2.23. The Bertz CT molecular complexity index is 801. The van der Waals surface area contributed by atoms with E-state index in [2.05, 4.69) is 17.1 Å². The number of H-pyrrole nitrogens is 1. The molecule has 1 aromatic heterocycles. The molecular weight excluding hydrogens is 236 g/mol. The molecule has 1 heterocycles. The number of benzene rings is 2. The number of fused-ring (bicyclic) bond motifs is 1. The number of anilines is 1. The fourth-order valence-electron chi connectivity index (χ4n) is 2.29. The second-order valence-corrected chi connectivity index (χ2v) is 4.70.